The first-order valence-corrected chi connectivity index (χ1v) is 5.09. The van der Waals surface area contributed by atoms with Gasteiger partial charge in [-0.1, -0.05) is 0 Å². The van der Waals surface area contributed by atoms with Crippen LogP contribution < -0.4 is 11.0 Å². The molecule has 2 aromatic heterocycles. The molecule has 6 nitrogen and oxygen atoms in total. The van der Waals surface area contributed by atoms with Crippen LogP contribution >= 0.6 is 0 Å². The molecule has 0 spiro atoms. The van der Waals surface area contributed by atoms with E-state index in [1.165, 1.54) is 4.57 Å². The van der Waals surface area contributed by atoms with Crippen LogP contribution in [-0.4, -0.2) is 20.0 Å². The molecule has 0 fully saturated rings. The second-order valence-corrected chi connectivity index (χ2v) is 3.72. The molecule has 1 N–H and O–H groups in total. The third-order valence-corrected chi connectivity index (χ3v) is 2.81. The van der Waals surface area contributed by atoms with Crippen LogP contribution in [0.3, 0.4) is 0 Å². The minimum Gasteiger partial charge on any atom is -0.321 e. The number of rotatable bonds is 1. The fourth-order valence-corrected chi connectivity index (χ4v) is 2.15. The van der Waals surface area contributed by atoms with E-state index in [1.54, 1.807) is 17.0 Å². The SMILES string of the molecule is CCn1c(=O)n2c3c(cncc31)NC(=O)C2. The minimum absolute atomic E-state index is 0.0827. The van der Waals surface area contributed by atoms with Crippen LogP contribution in [0.1, 0.15) is 6.92 Å². The molecule has 6 heteroatoms. The maximum absolute atomic E-state index is 12.0. The molecule has 0 saturated carbocycles. The highest BCUT2D eigenvalue weighted by Gasteiger charge is 2.22. The topological polar surface area (TPSA) is 68.9 Å². The minimum atomic E-state index is -0.183. The highest BCUT2D eigenvalue weighted by molar-refractivity contribution is 6.02. The van der Waals surface area contributed by atoms with Gasteiger partial charge < -0.3 is 5.32 Å². The van der Waals surface area contributed by atoms with Gasteiger partial charge in [0.15, 0.2) is 0 Å². The summed E-state index contributed by atoms with van der Waals surface area (Å²) in [5.41, 5.74) is 1.99. The molecule has 1 aliphatic heterocycles. The summed E-state index contributed by atoms with van der Waals surface area (Å²) in [6.45, 7) is 2.55. The van der Waals surface area contributed by atoms with E-state index in [2.05, 4.69) is 10.3 Å². The van der Waals surface area contributed by atoms with Crippen molar-refractivity contribution in [2.45, 2.75) is 20.0 Å². The number of amides is 1. The molecule has 1 aliphatic rings. The normalized spacial score (nSPS) is 14.2. The molecule has 0 bridgehead atoms. The second-order valence-electron chi connectivity index (χ2n) is 3.72. The number of imidazole rings is 1. The summed E-state index contributed by atoms with van der Waals surface area (Å²) in [6.07, 6.45) is 3.22. The standard InChI is InChI=1S/C10H10N4O2/c1-2-13-7-4-11-3-6-9(7)14(10(13)16)5-8(15)12-6/h3-4H,2,5H2,1H3,(H,12,15). The summed E-state index contributed by atoms with van der Waals surface area (Å²) in [7, 11) is 0. The highest BCUT2D eigenvalue weighted by Crippen LogP contribution is 2.24. The van der Waals surface area contributed by atoms with Gasteiger partial charge in [-0.05, 0) is 6.92 Å². The molecule has 0 radical (unpaired) electrons. The molecular weight excluding hydrogens is 208 g/mol. The van der Waals surface area contributed by atoms with Gasteiger partial charge in [0.2, 0.25) is 5.91 Å². The van der Waals surface area contributed by atoms with E-state index in [1.807, 2.05) is 6.92 Å². The largest absolute Gasteiger partial charge is 0.329 e. The Morgan fingerprint density at radius 3 is 3.00 bits per heavy atom. The van der Waals surface area contributed by atoms with Crippen LogP contribution in [0.4, 0.5) is 5.69 Å². The van der Waals surface area contributed by atoms with Gasteiger partial charge in [-0.25, -0.2) is 4.79 Å². The van der Waals surface area contributed by atoms with E-state index in [9.17, 15) is 9.59 Å². The Morgan fingerprint density at radius 2 is 2.25 bits per heavy atom. The number of anilines is 1. The first kappa shape index (κ1) is 9.14. The van der Waals surface area contributed by atoms with Crippen molar-refractivity contribution >= 4 is 22.6 Å². The lowest BCUT2D eigenvalue weighted by atomic mass is 10.3. The van der Waals surface area contributed by atoms with E-state index in [-0.39, 0.29) is 18.1 Å². The number of nitrogens with one attached hydrogen (secondary N) is 1. The van der Waals surface area contributed by atoms with Crippen molar-refractivity contribution in [3.8, 4) is 0 Å². The summed E-state index contributed by atoms with van der Waals surface area (Å²) in [4.78, 5) is 27.4. The Kier molecular flexibility index (Phi) is 1.68. The Hall–Kier alpha value is -2.11. The molecular formula is C10H10N4O2. The van der Waals surface area contributed by atoms with Crippen molar-refractivity contribution < 1.29 is 4.79 Å². The fraction of sp³-hybridized carbons (Fsp3) is 0.300. The van der Waals surface area contributed by atoms with E-state index in [4.69, 9.17) is 0 Å². The Morgan fingerprint density at radius 1 is 1.44 bits per heavy atom. The summed E-state index contributed by atoms with van der Waals surface area (Å²) in [6, 6.07) is 0. The maximum Gasteiger partial charge on any atom is 0.329 e. The lowest BCUT2D eigenvalue weighted by Gasteiger charge is -2.13. The molecule has 82 valence electrons. The molecule has 3 rings (SSSR count). The van der Waals surface area contributed by atoms with Crippen molar-refractivity contribution in [1.29, 1.82) is 0 Å². The van der Waals surface area contributed by atoms with E-state index in [0.29, 0.717) is 12.2 Å². The first-order valence-electron chi connectivity index (χ1n) is 5.09. The van der Waals surface area contributed by atoms with Gasteiger partial charge in [-0.2, -0.15) is 0 Å². The quantitative estimate of drug-likeness (QED) is 0.741. The summed E-state index contributed by atoms with van der Waals surface area (Å²) >= 11 is 0. The molecule has 0 unspecified atom stereocenters. The maximum atomic E-state index is 12.0. The Labute approximate surface area is 90.5 Å². The predicted molar refractivity (Wildman–Crippen MR) is 58.3 cm³/mol. The summed E-state index contributed by atoms with van der Waals surface area (Å²) < 4.78 is 3.11. The van der Waals surface area contributed by atoms with Gasteiger partial charge in [0.25, 0.3) is 0 Å². The van der Waals surface area contributed by atoms with Crippen molar-refractivity contribution in [2.75, 3.05) is 5.32 Å². The van der Waals surface area contributed by atoms with Crippen LogP contribution in [0.2, 0.25) is 0 Å². The second kappa shape index (κ2) is 2.94. The third-order valence-electron chi connectivity index (χ3n) is 2.81. The number of carbonyl (C=O) groups excluding carboxylic acids is 1. The zero-order valence-corrected chi connectivity index (χ0v) is 8.73. The van der Waals surface area contributed by atoms with Crippen molar-refractivity contribution in [2.24, 2.45) is 0 Å². The zero-order chi connectivity index (χ0) is 11.3. The number of carbonyl (C=O) groups is 1. The van der Waals surface area contributed by atoms with Gasteiger partial charge in [-0.15, -0.1) is 0 Å². The van der Waals surface area contributed by atoms with Crippen molar-refractivity contribution in [3.05, 3.63) is 22.9 Å². The van der Waals surface area contributed by atoms with Crippen molar-refractivity contribution in [3.63, 3.8) is 0 Å². The smallest absolute Gasteiger partial charge is 0.321 e. The van der Waals surface area contributed by atoms with Crippen molar-refractivity contribution in [1.82, 2.24) is 14.1 Å². The molecule has 0 saturated heterocycles. The lowest BCUT2D eigenvalue weighted by molar-refractivity contribution is -0.116. The van der Waals surface area contributed by atoms with Crippen LogP contribution in [0.15, 0.2) is 17.2 Å². The van der Waals surface area contributed by atoms with Gasteiger partial charge in [0, 0.05) is 6.54 Å². The number of aryl methyl sites for hydroxylation is 1. The average molecular weight is 218 g/mol. The Balaban J connectivity index is 2.51. The number of nitrogens with zero attached hydrogens (tertiary/aromatic N) is 3. The number of hydrogen-bond donors (Lipinski definition) is 1. The molecule has 1 amide bonds. The van der Waals surface area contributed by atoms with Gasteiger partial charge in [0.1, 0.15) is 6.54 Å². The first-order chi connectivity index (χ1) is 7.72. The predicted octanol–water partition coefficient (Wildman–Crippen LogP) is 0.170. The van der Waals surface area contributed by atoms with E-state index >= 15 is 0 Å². The van der Waals surface area contributed by atoms with Gasteiger partial charge >= 0.3 is 5.69 Å². The molecule has 16 heavy (non-hydrogen) atoms. The third kappa shape index (κ3) is 0.982. The molecule has 0 aromatic carbocycles. The number of aromatic nitrogens is 3. The summed E-state index contributed by atoms with van der Waals surface area (Å²) in [5.74, 6) is -0.183. The average Bonchev–Trinajstić information content (AvgIpc) is 2.54. The van der Waals surface area contributed by atoms with Crippen LogP contribution in [-0.2, 0) is 17.9 Å². The summed E-state index contributed by atoms with van der Waals surface area (Å²) in [5, 5.41) is 2.71. The molecule has 3 heterocycles. The van der Waals surface area contributed by atoms with Crippen LogP contribution in [0.5, 0.6) is 0 Å². The molecule has 0 aliphatic carbocycles. The number of pyridine rings is 1. The lowest BCUT2D eigenvalue weighted by Crippen LogP contribution is -2.31. The van der Waals surface area contributed by atoms with Crippen LogP contribution in [0, 0.1) is 0 Å². The van der Waals surface area contributed by atoms with E-state index < -0.39 is 0 Å². The zero-order valence-electron chi connectivity index (χ0n) is 8.73. The molecule has 2 aromatic rings. The van der Waals surface area contributed by atoms with Gasteiger partial charge in [-0.3, -0.25) is 18.9 Å². The monoisotopic (exact) mass is 218 g/mol. The molecule has 0 atom stereocenters. The van der Waals surface area contributed by atoms with Gasteiger partial charge in [0.05, 0.1) is 29.1 Å². The Bertz CT molecular complexity index is 653. The van der Waals surface area contributed by atoms with Crippen LogP contribution in [0.25, 0.3) is 11.0 Å². The highest BCUT2D eigenvalue weighted by atomic mass is 16.2. The fourth-order valence-electron chi connectivity index (χ4n) is 2.15. The van der Waals surface area contributed by atoms with E-state index in [0.717, 1.165) is 11.0 Å². The number of hydrogen-bond acceptors (Lipinski definition) is 3.